The summed E-state index contributed by atoms with van der Waals surface area (Å²) in [6.07, 6.45) is 6.79. The van der Waals surface area contributed by atoms with E-state index in [-0.39, 0.29) is 0 Å². The molecular formula is C12H16N6O2. The zero-order chi connectivity index (χ0) is 14.4. The number of nitrogens with zero attached hydrogens (tertiary/aromatic N) is 3. The van der Waals surface area contributed by atoms with Crippen LogP contribution in [0.1, 0.15) is 11.3 Å². The molecule has 0 amide bonds. The van der Waals surface area contributed by atoms with E-state index in [1.54, 1.807) is 25.6 Å². The lowest BCUT2D eigenvalue weighted by atomic mass is 10.1. The summed E-state index contributed by atoms with van der Waals surface area (Å²) in [7, 11) is 1.73. The van der Waals surface area contributed by atoms with Gasteiger partial charge < -0.3 is 15.4 Å². The van der Waals surface area contributed by atoms with Gasteiger partial charge in [0.15, 0.2) is 0 Å². The maximum Gasteiger partial charge on any atom is 0.321 e. The summed E-state index contributed by atoms with van der Waals surface area (Å²) < 4.78 is 0. The molecule has 2 heterocycles. The number of aliphatic carboxylic acids is 1. The Balaban J connectivity index is 1.92. The topological polar surface area (TPSA) is 116 Å². The van der Waals surface area contributed by atoms with Gasteiger partial charge in [-0.05, 0) is 0 Å². The Morgan fingerprint density at radius 2 is 2.15 bits per heavy atom. The first-order chi connectivity index (χ1) is 9.69. The van der Waals surface area contributed by atoms with Crippen molar-refractivity contribution in [2.75, 3.05) is 12.4 Å². The standard InChI is InChI=1S/C12H16N6O2/c1-13-12-16-4-8(5-17-12)3-15-10(11(19)20)2-9-6-14-7-18-9/h4-7,10,15H,2-3H2,1H3,(H,14,18)(H,19,20)(H,13,16,17)/t10-/m1/s1. The van der Waals surface area contributed by atoms with E-state index in [0.29, 0.717) is 18.9 Å². The van der Waals surface area contributed by atoms with Crippen molar-refractivity contribution in [2.45, 2.75) is 19.0 Å². The van der Waals surface area contributed by atoms with Crippen LogP contribution in [0.15, 0.2) is 24.9 Å². The molecule has 0 aromatic carbocycles. The maximum absolute atomic E-state index is 11.2. The van der Waals surface area contributed by atoms with Gasteiger partial charge >= 0.3 is 5.97 Å². The molecule has 0 radical (unpaired) electrons. The Labute approximate surface area is 115 Å². The minimum atomic E-state index is -0.910. The average molecular weight is 276 g/mol. The van der Waals surface area contributed by atoms with Crippen LogP contribution in [-0.2, 0) is 17.8 Å². The van der Waals surface area contributed by atoms with Crippen molar-refractivity contribution in [2.24, 2.45) is 0 Å². The van der Waals surface area contributed by atoms with Crippen molar-refractivity contribution in [3.63, 3.8) is 0 Å². The predicted molar refractivity (Wildman–Crippen MR) is 72.1 cm³/mol. The van der Waals surface area contributed by atoms with E-state index >= 15 is 0 Å². The van der Waals surface area contributed by atoms with Gasteiger partial charge in [-0.2, -0.15) is 0 Å². The number of rotatable bonds is 7. The van der Waals surface area contributed by atoms with E-state index < -0.39 is 12.0 Å². The van der Waals surface area contributed by atoms with Gasteiger partial charge in [0, 0.05) is 49.9 Å². The number of nitrogens with one attached hydrogen (secondary N) is 3. The fourth-order valence-electron chi connectivity index (χ4n) is 1.68. The normalized spacial score (nSPS) is 12.1. The summed E-state index contributed by atoms with van der Waals surface area (Å²) in [6, 6.07) is -0.695. The first kappa shape index (κ1) is 13.9. The minimum Gasteiger partial charge on any atom is -0.480 e. The number of carboxylic acid groups (broad SMARTS) is 1. The second-order valence-electron chi connectivity index (χ2n) is 4.22. The number of hydrogen-bond donors (Lipinski definition) is 4. The largest absolute Gasteiger partial charge is 0.480 e. The number of H-pyrrole nitrogens is 1. The van der Waals surface area contributed by atoms with Crippen molar-refractivity contribution in [3.8, 4) is 0 Å². The van der Waals surface area contributed by atoms with Gasteiger partial charge in [-0.1, -0.05) is 0 Å². The molecule has 2 aromatic heterocycles. The Kier molecular flexibility index (Phi) is 4.61. The van der Waals surface area contributed by atoms with Gasteiger partial charge in [0.05, 0.1) is 6.33 Å². The third-order valence-electron chi connectivity index (χ3n) is 2.76. The number of anilines is 1. The smallest absolute Gasteiger partial charge is 0.321 e. The molecule has 0 fully saturated rings. The van der Waals surface area contributed by atoms with Crippen molar-refractivity contribution in [1.29, 1.82) is 0 Å². The number of aromatic nitrogens is 4. The zero-order valence-electron chi connectivity index (χ0n) is 11.0. The quantitative estimate of drug-likeness (QED) is 0.563. The van der Waals surface area contributed by atoms with Gasteiger partial charge in [0.25, 0.3) is 0 Å². The van der Waals surface area contributed by atoms with E-state index in [0.717, 1.165) is 11.3 Å². The van der Waals surface area contributed by atoms with Crippen LogP contribution in [-0.4, -0.2) is 44.1 Å². The van der Waals surface area contributed by atoms with Crippen molar-refractivity contribution in [3.05, 3.63) is 36.2 Å². The monoisotopic (exact) mass is 276 g/mol. The number of carbonyl (C=O) groups is 1. The Hall–Kier alpha value is -2.48. The third-order valence-corrected chi connectivity index (χ3v) is 2.76. The molecule has 0 spiro atoms. The van der Waals surface area contributed by atoms with E-state index in [4.69, 9.17) is 0 Å². The second kappa shape index (κ2) is 6.62. The fraction of sp³-hybridized carbons (Fsp3) is 0.333. The highest BCUT2D eigenvalue weighted by Gasteiger charge is 2.18. The van der Waals surface area contributed by atoms with E-state index in [1.807, 2.05) is 0 Å². The van der Waals surface area contributed by atoms with E-state index in [1.165, 1.54) is 6.33 Å². The molecule has 8 heteroatoms. The average Bonchev–Trinajstić information content (AvgIpc) is 2.96. The Morgan fingerprint density at radius 1 is 1.40 bits per heavy atom. The molecular weight excluding hydrogens is 260 g/mol. The lowest BCUT2D eigenvalue weighted by molar-refractivity contribution is -0.139. The van der Waals surface area contributed by atoms with Crippen LogP contribution >= 0.6 is 0 Å². The summed E-state index contributed by atoms with van der Waals surface area (Å²) in [5.74, 6) is -0.381. The Bertz CT molecular complexity index is 540. The number of imidazole rings is 1. The molecule has 2 rings (SSSR count). The minimum absolute atomic E-state index is 0.338. The van der Waals surface area contributed by atoms with Crippen molar-refractivity contribution >= 4 is 11.9 Å². The summed E-state index contributed by atoms with van der Waals surface area (Å²) >= 11 is 0. The lowest BCUT2D eigenvalue weighted by Crippen LogP contribution is -2.38. The fourth-order valence-corrected chi connectivity index (χ4v) is 1.68. The summed E-state index contributed by atoms with van der Waals surface area (Å²) in [5.41, 5.74) is 1.59. The molecule has 0 saturated heterocycles. The van der Waals surface area contributed by atoms with Crippen LogP contribution in [0.5, 0.6) is 0 Å². The summed E-state index contributed by atoms with van der Waals surface area (Å²) in [6.45, 7) is 0.384. The maximum atomic E-state index is 11.2. The van der Waals surface area contributed by atoms with Crippen LogP contribution in [0.4, 0.5) is 5.95 Å². The van der Waals surface area contributed by atoms with Gasteiger partial charge in [0.2, 0.25) is 5.95 Å². The molecule has 0 unspecified atom stereocenters. The number of carboxylic acids is 1. The van der Waals surface area contributed by atoms with Gasteiger partial charge in [-0.15, -0.1) is 0 Å². The van der Waals surface area contributed by atoms with Crippen LogP contribution in [0.25, 0.3) is 0 Å². The first-order valence-electron chi connectivity index (χ1n) is 6.11. The Morgan fingerprint density at radius 3 is 2.70 bits per heavy atom. The van der Waals surface area contributed by atoms with Gasteiger partial charge in [0.1, 0.15) is 6.04 Å². The third kappa shape index (κ3) is 3.75. The molecule has 4 N–H and O–H groups in total. The zero-order valence-corrected chi connectivity index (χ0v) is 11.0. The molecule has 8 nitrogen and oxygen atoms in total. The predicted octanol–water partition coefficient (Wildman–Crippen LogP) is 0.0269. The van der Waals surface area contributed by atoms with Crippen molar-refractivity contribution < 1.29 is 9.90 Å². The van der Waals surface area contributed by atoms with Crippen LogP contribution in [0, 0.1) is 0 Å². The molecule has 1 atom stereocenters. The number of aromatic amines is 1. The highest BCUT2D eigenvalue weighted by Crippen LogP contribution is 2.02. The lowest BCUT2D eigenvalue weighted by Gasteiger charge is -2.13. The summed E-state index contributed by atoms with van der Waals surface area (Å²) in [4.78, 5) is 26.1. The van der Waals surface area contributed by atoms with E-state index in [2.05, 4.69) is 30.6 Å². The molecule has 0 bridgehead atoms. The molecule has 106 valence electrons. The molecule has 0 aliphatic carbocycles. The first-order valence-corrected chi connectivity index (χ1v) is 6.11. The molecule has 2 aromatic rings. The van der Waals surface area contributed by atoms with E-state index in [9.17, 15) is 9.90 Å². The van der Waals surface area contributed by atoms with Crippen LogP contribution in [0.3, 0.4) is 0 Å². The molecule has 0 saturated carbocycles. The highest BCUT2D eigenvalue weighted by atomic mass is 16.4. The van der Waals surface area contributed by atoms with Crippen molar-refractivity contribution in [1.82, 2.24) is 25.3 Å². The highest BCUT2D eigenvalue weighted by molar-refractivity contribution is 5.73. The molecule has 0 aliphatic rings. The van der Waals surface area contributed by atoms with Gasteiger partial charge in [-0.3, -0.25) is 10.1 Å². The SMILES string of the molecule is CNc1ncc(CN[C@H](Cc2cnc[nH]2)C(=O)O)cn1. The van der Waals surface area contributed by atoms with Crippen LogP contribution < -0.4 is 10.6 Å². The summed E-state index contributed by atoms with van der Waals surface area (Å²) in [5, 5.41) is 15.0. The van der Waals surface area contributed by atoms with Crippen LogP contribution in [0.2, 0.25) is 0 Å². The second-order valence-corrected chi connectivity index (χ2v) is 4.22. The molecule has 20 heavy (non-hydrogen) atoms. The molecule has 0 aliphatic heterocycles. The van der Waals surface area contributed by atoms with Gasteiger partial charge in [-0.25, -0.2) is 15.0 Å². The number of hydrogen-bond acceptors (Lipinski definition) is 6.